The zero-order valence-electron chi connectivity index (χ0n) is 8.09. The van der Waals surface area contributed by atoms with E-state index in [9.17, 15) is 9.18 Å². The Morgan fingerprint density at radius 2 is 2.19 bits per heavy atom. The highest BCUT2D eigenvalue weighted by atomic mass is 19.1. The third-order valence-corrected chi connectivity index (χ3v) is 2.35. The lowest BCUT2D eigenvalue weighted by Gasteiger charge is -2.01. The standard InChI is InChI=1S/C11H6FN3O/c12-7-2-3-9-8(6-7)10(16)15-5-1-4-13-11(15)14-9/h1-6H. The summed E-state index contributed by atoms with van der Waals surface area (Å²) in [6.45, 7) is 0. The zero-order chi connectivity index (χ0) is 11.1. The molecule has 0 unspecified atom stereocenters. The smallest absolute Gasteiger partial charge is 0.267 e. The summed E-state index contributed by atoms with van der Waals surface area (Å²) in [7, 11) is 0. The molecule has 0 saturated heterocycles. The Morgan fingerprint density at radius 1 is 1.31 bits per heavy atom. The molecule has 0 N–H and O–H groups in total. The molecule has 2 heterocycles. The van der Waals surface area contributed by atoms with Gasteiger partial charge in [0.05, 0.1) is 10.9 Å². The first-order valence-electron chi connectivity index (χ1n) is 4.68. The summed E-state index contributed by atoms with van der Waals surface area (Å²) in [6, 6.07) is 5.56. The van der Waals surface area contributed by atoms with Crippen molar-refractivity contribution in [2.75, 3.05) is 0 Å². The van der Waals surface area contributed by atoms with Crippen LogP contribution in [-0.4, -0.2) is 14.4 Å². The number of halogens is 1. The van der Waals surface area contributed by atoms with Gasteiger partial charge in [0.15, 0.2) is 0 Å². The molecule has 0 fully saturated rings. The van der Waals surface area contributed by atoms with Gasteiger partial charge in [-0.25, -0.2) is 14.4 Å². The number of rotatable bonds is 0. The molecule has 0 radical (unpaired) electrons. The largest absolute Gasteiger partial charge is 0.268 e. The summed E-state index contributed by atoms with van der Waals surface area (Å²) >= 11 is 0. The van der Waals surface area contributed by atoms with Crippen LogP contribution in [0.3, 0.4) is 0 Å². The summed E-state index contributed by atoms with van der Waals surface area (Å²) in [5.74, 6) is -0.137. The number of benzene rings is 1. The Morgan fingerprint density at radius 3 is 3.06 bits per heavy atom. The molecule has 3 aromatic rings. The molecule has 4 nitrogen and oxygen atoms in total. The topological polar surface area (TPSA) is 47.3 Å². The highest BCUT2D eigenvalue weighted by Crippen LogP contribution is 2.09. The number of hydrogen-bond donors (Lipinski definition) is 0. The normalized spacial score (nSPS) is 11.1. The number of aromatic nitrogens is 3. The van der Waals surface area contributed by atoms with Crippen molar-refractivity contribution in [2.45, 2.75) is 0 Å². The van der Waals surface area contributed by atoms with Crippen LogP contribution in [-0.2, 0) is 0 Å². The second kappa shape index (κ2) is 3.10. The number of fused-ring (bicyclic) bond motifs is 2. The first kappa shape index (κ1) is 8.96. The van der Waals surface area contributed by atoms with E-state index in [1.165, 1.54) is 22.6 Å². The average molecular weight is 215 g/mol. The minimum atomic E-state index is -0.449. The van der Waals surface area contributed by atoms with Gasteiger partial charge in [-0.3, -0.25) is 9.20 Å². The van der Waals surface area contributed by atoms with Gasteiger partial charge >= 0.3 is 0 Å². The van der Waals surface area contributed by atoms with Crippen molar-refractivity contribution < 1.29 is 4.39 Å². The molecule has 16 heavy (non-hydrogen) atoms. The van der Waals surface area contributed by atoms with Gasteiger partial charge in [0.2, 0.25) is 5.78 Å². The predicted octanol–water partition coefficient (Wildman–Crippen LogP) is 1.38. The Bertz CT molecular complexity index is 751. The third-order valence-electron chi connectivity index (χ3n) is 2.35. The van der Waals surface area contributed by atoms with Gasteiger partial charge in [-0.2, -0.15) is 0 Å². The van der Waals surface area contributed by atoms with Crippen LogP contribution in [0.5, 0.6) is 0 Å². The Labute approximate surface area is 89.0 Å². The van der Waals surface area contributed by atoms with Crippen LogP contribution in [0.15, 0.2) is 41.5 Å². The van der Waals surface area contributed by atoms with Crippen molar-refractivity contribution >= 4 is 16.7 Å². The van der Waals surface area contributed by atoms with Crippen molar-refractivity contribution in [3.63, 3.8) is 0 Å². The first-order chi connectivity index (χ1) is 7.75. The molecule has 0 spiro atoms. The number of nitrogens with zero attached hydrogens (tertiary/aromatic N) is 3. The van der Waals surface area contributed by atoms with Crippen molar-refractivity contribution in [3.05, 3.63) is 52.8 Å². The van der Waals surface area contributed by atoms with Gasteiger partial charge in [-0.15, -0.1) is 0 Å². The van der Waals surface area contributed by atoms with Crippen molar-refractivity contribution in [2.24, 2.45) is 0 Å². The van der Waals surface area contributed by atoms with Gasteiger partial charge in [-0.1, -0.05) is 0 Å². The average Bonchev–Trinajstić information content (AvgIpc) is 2.31. The van der Waals surface area contributed by atoms with E-state index in [0.717, 1.165) is 0 Å². The maximum Gasteiger partial charge on any atom is 0.267 e. The molecule has 2 aromatic heterocycles. The van der Waals surface area contributed by atoms with Gasteiger partial charge in [-0.05, 0) is 24.3 Å². The second-order valence-electron chi connectivity index (χ2n) is 3.37. The SMILES string of the molecule is O=c1c2cc(F)ccc2nc2ncccn12. The van der Waals surface area contributed by atoms with Crippen LogP contribution in [0.4, 0.5) is 4.39 Å². The molecule has 5 heteroatoms. The van der Waals surface area contributed by atoms with E-state index in [1.807, 2.05) is 0 Å². The molecule has 0 aliphatic heterocycles. The van der Waals surface area contributed by atoms with E-state index in [0.29, 0.717) is 11.3 Å². The lowest BCUT2D eigenvalue weighted by Crippen LogP contribution is -2.15. The molecule has 0 atom stereocenters. The van der Waals surface area contributed by atoms with Crippen molar-refractivity contribution in [1.82, 2.24) is 14.4 Å². The molecule has 0 saturated carbocycles. The predicted molar refractivity (Wildman–Crippen MR) is 56.7 cm³/mol. The lowest BCUT2D eigenvalue weighted by atomic mass is 10.2. The summed E-state index contributed by atoms with van der Waals surface area (Å²) < 4.78 is 14.3. The van der Waals surface area contributed by atoms with Crippen LogP contribution in [0.25, 0.3) is 16.7 Å². The van der Waals surface area contributed by atoms with E-state index >= 15 is 0 Å². The highest BCUT2D eigenvalue weighted by molar-refractivity contribution is 5.78. The van der Waals surface area contributed by atoms with E-state index in [2.05, 4.69) is 9.97 Å². The second-order valence-corrected chi connectivity index (χ2v) is 3.37. The maximum absolute atomic E-state index is 13.0. The van der Waals surface area contributed by atoms with E-state index in [1.54, 1.807) is 18.5 Å². The third kappa shape index (κ3) is 1.18. The Kier molecular flexibility index (Phi) is 1.73. The van der Waals surface area contributed by atoms with Gasteiger partial charge in [0, 0.05) is 12.4 Å². The monoisotopic (exact) mass is 215 g/mol. The van der Waals surface area contributed by atoms with E-state index < -0.39 is 5.82 Å². The fourth-order valence-corrected chi connectivity index (χ4v) is 1.62. The van der Waals surface area contributed by atoms with Crippen LogP contribution >= 0.6 is 0 Å². The van der Waals surface area contributed by atoms with Crippen molar-refractivity contribution in [3.8, 4) is 0 Å². The fourth-order valence-electron chi connectivity index (χ4n) is 1.62. The Hall–Kier alpha value is -2.30. The van der Waals surface area contributed by atoms with Gasteiger partial charge in [0.1, 0.15) is 5.82 Å². The maximum atomic E-state index is 13.0. The quantitative estimate of drug-likeness (QED) is 0.532. The summed E-state index contributed by atoms with van der Waals surface area (Å²) in [5.41, 5.74) is 0.137. The first-order valence-corrected chi connectivity index (χ1v) is 4.68. The van der Waals surface area contributed by atoms with Gasteiger partial charge < -0.3 is 0 Å². The molecular formula is C11H6FN3O. The lowest BCUT2D eigenvalue weighted by molar-refractivity contribution is 0.629. The van der Waals surface area contributed by atoms with Crippen LogP contribution in [0, 0.1) is 5.82 Å². The molecule has 0 bridgehead atoms. The van der Waals surface area contributed by atoms with Crippen LogP contribution in [0.2, 0.25) is 0 Å². The Balaban J connectivity index is 2.61. The molecular weight excluding hydrogens is 209 g/mol. The summed E-state index contributed by atoms with van der Waals surface area (Å²) in [4.78, 5) is 20.1. The summed E-state index contributed by atoms with van der Waals surface area (Å²) in [6.07, 6.45) is 3.11. The van der Waals surface area contributed by atoms with E-state index in [-0.39, 0.29) is 10.9 Å². The zero-order valence-corrected chi connectivity index (χ0v) is 8.09. The van der Waals surface area contributed by atoms with Crippen LogP contribution in [0.1, 0.15) is 0 Å². The van der Waals surface area contributed by atoms with E-state index in [4.69, 9.17) is 0 Å². The summed E-state index contributed by atoms with van der Waals surface area (Å²) in [5, 5.41) is 0.255. The fraction of sp³-hybridized carbons (Fsp3) is 0. The van der Waals surface area contributed by atoms with Crippen molar-refractivity contribution in [1.29, 1.82) is 0 Å². The number of hydrogen-bond acceptors (Lipinski definition) is 3. The highest BCUT2D eigenvalue weighted by Gasteiger charge is 2.05. The molecule has 0 amide bonds. The minimum Gasteiger partial charge on any atom is -0.268 e. The minimum absolute atomic E-state index is 0.255. The molecule has 78 valence electrons. The van der Waals surface area contributed by atoms with Gasteiger partial charge in [0.25, 0.3) is 5.56 Å². The molecule has 3 rings (SSSR count). The molecule has 1 aromatic carbocycles. The molecule has 0 aliphatic carbocycles. The van der Waals surface area contributed by atoms with Crippen LogP contribution < -0.4 is 5.56 Å². The molecule has 0 aliphatic rings.